The van der Waals surface area contributed by atoms with E-state index in [-0.39, 0.29) is 17.2 Å². The van der Waals surface area contributed by atoms with Crippen molar-refractivity contribution in [3.05, 3.63) is 29.8 Å². The summed E-state index contributed by atoms with van der Waals surface area (Å²) >= 11 is 0. The number of carbonyl (C=O) groups is 1. The van der Waals surface area contributed by atoms with Crippen molar-refractivity contribution in [3.8, 4) is 5.75 Å². The van der Waals surface area contributed by atoms with Gasteiger partial charge >= 0.3 is 6.61 Å². The molecule has 4 nitrogen and oxygen atoms in total. The van der Waals surface area contributed by atoms with Crippen LogP contribution in [0, 0.1) is 0 Å². The molecule has 0 aliphatic carbocycles. The summed E-state index contributed by atoms with van der Waals surface area (Å²) in [6.45, 7) is -1.88. The SMILES string of the molecule is COCCCNC(=O)c1cccc(OC(F)F)c1. The Morgan fingerprint density at radius 3 is 2.89 bits per heavy atom. The maximum Gasteiger partial charge on any atom is 0.387 e. The van der Waals surface area contributed by atoms with Gasteiger partial charge in [0, 0.05) is 25.8 Å². The summed E-state index contributed by atoms with van der Waals surface area (Å²) in [5.74, 6) is -0.361. The first-order valence-corrected chi connectivity index (χ1v) is 5.45. The van der Waals surface area contributed by atoms with Crippen molar-refractivity contribution in [1.82, 2.24) is 5.32 Å². The molecule has 100 valence electrons. The highest BCUT2D eigenvalue weighted by Gasteiger charge is 2.08. The molecule has 0 spiro atoms. The average Bonchev–Trinajstić information content (AvgIpc) is 2.34. The number of rotatable bonds is 7. The van der Waals surface area contributed by atoms with Gasteiger partial charge in [-0.3, -0.25) is 4.79 Å². The smallest absolute Gasteiger partial charge is 0.387 e. The predicted molar refractivity (Wildman–Crippen MR) is 61.9 cm³/mol. The Morgan fingerprint density at radius 1 is 1.44 bits per heavy atom. The fraction of sp³-hybridized carbons (Fsp3) is 0.417. The molecule has 0 fully saturated rings. The average molecular weight is 259 g/mol. The van der Waals surface area contributed by atoms with E-state index in [0.717, 1.165) is 0 Å². The van der Waals surface area contributed by atoms with Crippen molar-refractivity contribution in [2.45, 2.75) is 13.0 Å². The fourth-order valence-corrected chi connectivity index (χ4v) is 1.33. The number of hydrogen-bond donors (Lipinski definition) is 1. The van der Waals surface area contributed by atoms with Gasteiger partial charge in [0.05, 0.1) is 0 Å². The fourth-order valence-electron chi connectivity index (χ4n) is 1.33. The van der Waals surface area contributed by atoms with E-state index in [0.29, 0.717) is 19.6 Å². The Morgan fingerprint density at radius 2 is 2.22 bits per heavy atom. The molecule has 0 saturated carbocycles. The van der Waals surface area contributed by atoms with Crippen LogP contribution in [0.1, 0.15) is 16.8 Å². The molecule has 1 aromatic carbocycles. The van der Waals surface area contributed by atoms with Crippen LogP contribution in [-0.4, -0.2) is 32.8 Å². The first-order chi connectivity index (χ1) is 8.63. The van der Waals surface area contributed by atoms with Crippen LogP contribution in [0.5, 0.6) is 5.75 Å². The Kier molecular flexibility index (Phi) is 6.07. The minimum Gasteiger partial charge on any atom is -0.435 e. The zero-order valence-electron chi connectivity index (χ0n) is 9.99. The Hall–Kier alpha value is -1.69. The van der Waals surface area contributed by atoms with Gasteiger partial charge in [0.1, 0.15) is 5.75 Å². The van der Waals surface area contributed by atoms with Gasteiger partial charge in [0.15, 0.2) is 0 Å². The normalized spacial score (nSPS) is 10.4. The van der Waals surface area contributed by atoms with Crippen molar-refractivity contribution in [3.63, 3.8) is 0 Å². The van der Waals surface area contributed by atoms with Crippen LogP contribution in [-0.2, 0) is 4.74 Å². The molecule has 0 aliphatic heterocycles. The molecule has 1 N–H and O–H groups in total. The van der Waals surface area contributed by atoms with E-state index in [4.69, 9.17) is 4.74 Å². The summed E-state index contributed by atoms with van der Waals surface area (Å²) in [6.07, 6.45) is 0.690. The van der Waals surface area contributed by atoms with E-state index >= 15 is 0 Å². The van der Waals surface area contributed by atoms with E-state index in [2.05, 4.69) is 10.1 Å². The molecule has 0 bridgehead atoms. The Balaban J connectivity index is 2.51. The van der Waals surface area contributed by atoms with Crippen LogP contribution in [0.15, 0.2) is 24.3 Å². The maximum atomic E-state index is 12.0. The lowest BCUT2D eigenvalue weighted by Gasteiger charge is -2.07. The van der Waals surface area contributed by atoms with Crippen LogP contribution in [0.4, 0.5) is 8.78 Å². The summed E-state index contributed by atoms with van der Waals surface area (Å²) < 4.78 is 33.1. The molecule has 0 saturated heterocycles. The molecule has 1 amide bonds. The molecule has 0 radical (unpaired) electrons. The molecule has 0 aliphatic rings. The van der Waals surface area contributed by atoms with Crippen LogP contribution in [0.2, 0.25) is 0 Å². The van der Waals surface area contributed by atoms with Crippen LogP contribution >= 0.6 is 0 Å². The van der Waals surface area contributed by atoms with Gasteiger partial charge in [-0.05, 0) is 24.6 Å². The summed E-state index contributed by atoms with van der Waals surface area (Å²) in [5, 5.41) is 2.65. The number of halogens is 2. The number of carbonyl (C=O) groups excluding carboxylic acids is 1. The second-order valence-electron chi connectivity index (χ2n) is 3.51. The van der Waals surface area contributed by atoms with Gasteiger partial charge in [-0.15, -0.1) is 0 Å². The second-order valence-corrected chi connectivity index (χ2v) is 3.51. The van der Waals surface area contributed by atoms with E-state index in [1.807, 2.05) is 0 Å². The van der Waals surface area contributed by atoms with Gasteiger partial charge in [-0.25, -0.2) is 0 Å². The third-order valence-electron chi connectivity index (χ3n) is 2.13. The lowest BCUT2D eigenvalue weighted by molar-refractivity contribution is -0.0498. The third-order valence-corrected chi connectivity index (χ3v) is 2.13. The van der Waals surface area contributed by atoms with Crippen molar-refractivity contribution in [2.24, 2.45) is 0 Å². The van der Waals surface area contributed by atoms with E-state index < -0.39 is 6.61 Å². The zero-order valence-corrected chi connectivity index (χ0v) is 9.99. The third kappa shape index (κ3) is 5.09. The topological polar surface area (TPSA) is 47.6 Å². The lowest BCUT2D eigenvalue weighted by Crippen LogP contribution is -2.25. The molecule has 6 heteroatoms. The van der Waals surface area contributed by atoms with Crippen LogP contribution in [0.25, 0.3) is 0 Å². The molecule has 1 aromatic rings. The van der Waals surface area contributed by atoms with Crippen molar-refractivity contribution < 1.29 is 23.0 Å². The summed E-state index contributed by atoms with van der Waals surface area (Å²) in [7, 11) is 1.58. The Bertz CT molecular complexity index is 385. The van der Waals surface area contributed by atoms with Crippen LogP contribution < -0.4 is 10.1 Å². The minimum absolute atomic E-state index is 0.0328. The first-order valence-electron chi connectivity index (χ1n) is 5.45. The molecule has 0 aromatic heterocycles. The standard InChI is InChI=1S/C12H15F2NO3/c1-17-7-3-6-15-11(16)9-4-2-5-10(8-9)18-12(13)14/h2,4-5,8,12H,3,6-7H2,1H3,(H,15,16). The van der Waals surface area contributed by atoms with Crippen molar-refractivity contribution in [1.29, 1.82) is 0 Å². The van der Waals surface area contributed by atoms with E-state index in [1.54, 1.807) is 7.11 Å². The van der Waals surface area contributed by atoms with Gasteiger partial charge in [-0.1, -0.05) is 6.07 Å². The van der Waals surface area contributed by atoms with E-state index in [9.17, 15) is 13.6 Å². The van der Waals surface area contributed by atoms with Crippen molar-refractivity contribution >= 4 is 5.91 Å². The van der Waals surface area contributed by atoms with Crippen molar-refractivity contribution in [2.75, 3.05) is 20.3 Å². The summed E-state index contributed by atoms with van der Waals surface area (Å²) in [6, 6.07) is 5.66. The largest absolute Gasteiger partial charge is 0.435 e. The Labute approximate surface area is 104 Å². The number of amides is 1. The van der Waals surface area contributed by atoms with Crippen LogP contribution in [0.3, 0.4) is 0 Å². The predicted octanol–water partition coefficient (Wildman–Crippen LogP) is 2.05. The number of nitrogens with one attached hydrogen (secondary N) is 1. The highest BCUT2D eigenvalue weighted by Crippen LogP contribution is 2.15. The summed E-state index contributed by atoms with van der Waals surface area (Å²) in [5.41, 5.74) is 0.283. The number of ether oxygens (including phenoxy) is 2. The maximum absolute atomic E-state index is 12.0. The monoisotopic (exact) mass is 259 g/mol. The summed E-state index contributed by atoms with van der Waals surface area (Å²) in [4.78, 5) is 11.7. The first kappa shape index (κ1) is 14.4. The van der Waals surface area contributed by atoms with E-state index in [1.165, 1.54) is 24.3 Å². The second kappa shape index (κ2) is 7.60. The van der Waals surface area contributed by atoms with Gasteiger partial charge in [0.2, 0.25) is 0 Å². The molecule has 1 rings (SSSR count). The zero-order chi connectivity index (χ0) is 13.4. The molecular formula is C12H15F2NO3. The van der Waals surface area contributed by atoms with Gasteiger partial charge < -0.3 is 14.8 Å². The highest BCUT2D eigenvalue weighted by molar-refractivity contribution is 5.94. The number of hydrogen-bond acceptors (Lipinski definition) is 3. The highest BCUT2D eigenvalue weighted by atomic mass is 19.3. The minimum atomic E-state index is -2.90. The lowest BCUT2D eigenvalue weighted by atomic mass is 10.2. The molecule has 0 unspecified atom stereocenters. The van der Waals surface area contributed by atoms with Gasteiger partial charge in [-0.2, -0.15) is 8.78 Å². The molecule has 0 atom stereocenters. The molecule has 0 heterocycles. The van der Waals surface area contributed by atoms with Gasteiger partial charge in [0.25, 0.3) is 5.91 Å². The number of benzene rings is 1. The number of alkyl halides is 2. The number of methoxy groups -OCH3 is 1. The molecule has 18 heavy (non-hydrogen) atoms. The quantitative estimate of drug-likeness (QED) is 0.762. The molecular weight excluding hydrogens is 244 g/mol.